The summed E-state index contributed by atoms with van der Waals surface area (Å²) in [4.78, 5) is 13.3. The van der Waals surface area contributed by atoms with Gasteiger partial charge >= 0.3 is 0 Å². The lowest BCUT2D eigenvalue weighted by atomic mass is 9.98. The molecule has 0 fully saturated rings. The van der Waals surface area contributed by atoms with Crippen LogP contribution in [0.4, 0.5) is 0 Å². The normalized spacial score (nSPS) is 14.7. The molecule has 16 heavy (non-hydrogen) atoms. The van der Waals surface area contributed by atoms with E-state index in [-0.39, 0.29) is 5.91 Å². The predicted molar refractivity (Wildman–Crippen MR) is 59.7 cm³/mol. The quantitative estimate of drug-likeness (QED) is 0.753. The summed E-state index contributed by atoms with van der Waals surface area (Å²) in [5.41, 5.74) is 2.07. The van der Waals surface area contributed by atoms with Crippen LogP contribution in [-0.4, -0.2) is 32.1 Å². The van der Waals surface area contributed by atoms with E-state index in [0.29, 0.717) is 13.0 Å². The monoisotopic (exact) mass is 221 g/mol. The van der Waals surface area contributed by atoms with Gasteiger partial charge in [0.05, 0.1) is 20.6 Å². The summed E-state index contributed by atoms with van der Waals surface area (Å²) in [5, 5.41) is 0. The Morgan fingerprint density at radius 1 is 1.25 bits per heavy atom. The van der Waals surface area contributed by atoms with Gasteiger partial charge in [0.15, 0.2) is 0 Å². The van der Waals surface area contributed by atoms with Gasteiger partial charge in [0.25, 0.3) is 0 Å². The number of benzene rings is 1. The number of ether oxygens (including phenoxy) is 2. The van der Waals surface area contributed by atoms with Crippen molar-refractivity contribution in [2.45, 2.75) is 13.0 Å². The average molecular weight is 221 g/mol. The number of carbonyl (C=O) groups is 1. The van der Waals surface area contributed by atoms with Crippen molar-refractivity contribution in [2.75, 3.05) is 21.3 Å². The third kappa shape index (κ3) is 1.71. The molecule has 1 aromatic rings. The molecule has 4 heteroatoms. The second-order valence-electron chi connectivity index (χ2n) is 3.89. The minimum Gasteiger partial charge on any atom is -0.497 e. The molecule has 2 rings (SSSR count). The number of amides is 1. The third-order valence-corrected chi connectivity index (χ3v) is 2.89. The SMILES string of the molecule is COc1cc2c(c(OC)c1)CC(=O)N(C)C2. The molecule has 0 aromatic heterocycles. The van der Waals surface area contributed by atoms with Crippen LogP contribution in [0, 0.1) is 0 Å². The first kappa shape index (κ1) is 10.8. The summed E-state index contributed by atoms with van der Waals surface area (Å²) < 4.78 is 10.5. The lowest BCUT2D eigenvalue weighted by molar-refractivity contribution is -0.130. The van der Waals surface area contributed by atoms with Crippen molar-refractivity contribution in [1.29, 1.82) is 0 Å². The molecule has 0 N–H and O–H groups in total. The van der Waals surface area contributed by atoms with Crippen LogP contribution in [0.15, 0.2) is 12.1 Å². The second-order valence-corrected chi connectivity index (χ2v) is 3.89. The highest BCUT2D eigenvalue weighted by molar-refractivity contribution is 5.81. The maximum atomic E-state index is 11.6. The van der Waals surface area contributed by atoms with Crippen molar-refractivity contribution in [3.63, 3.8) is 0 Å². The third-order valence-electron chi connectivity index (χ3n) is 2.89. The smallest absolute Gasteiger partial charge is 0.227 e. The van der Waals surface area contributed by atoms with Crippen molar-refractivity contribution >= 4 is 5.91 Å². The van der Waals surface area contributed by atoms with Crippen LogP contribution >= 0.6 is 0 Å². The van der Waals surface area contributed by atoms with Crippen LogP contribution in [-0.2, 0) is 17.8 Å². The van der Waals surface area contributed by atoms with E-state index in [1.807, 2.05) is 12.1 Å². The number of fused-ring (bicyclic) bond motifs is 1. The molecule has 0 atom stereocenters. The van der Waals surface area contributed by atoms with Gasteiger partial charge in [0.1, 0.15) is 11.5 Å². The van der Waals surface area contributed by atoms with Crippen LogP contribution in [0.3, 0.4) is 0 Å². The standard InChI is InChI=1S/C12H15NO3/c1-13-7-8-4-9(15-2)5-11(16-3)10(8)6-12(13)14/h4-5H,6-7H2,1-3H3. The first-order valence-electron chi connectivity index (χ1n) is 5.13. The van der Waals surface area contributed by atoms with Crippen LogP contribution in [0.25, 0.3) is 0 Å². The summed E-state index contributed by atoms with van der Waals surface area (Å²) in [6.07, 6.45) is 0.402. The van der Waals surface area contributed by atoms with Crippen molar-refractivity contribution in [3.05, 3.63) is 23.3 Å². The van der Waals surface area contributed by atoms with Gasteiger partial charge in [-0.1, -0.05) is 0 Å². The molecule has 1 aliphatic rings. The molecule has 0 aliphatic carbocycles. The minimum absolute atomic E-state index is 0.121. The second kappa shape index (κ2) is 4.04. The Morgan fingerprint density at radius 2 is 2.00 bits per heavy atom. The number of likely N-dealkylation sites (N-methyl/N-ethyl adjacent to an activating group) is 1. The molecular formula is C12H15NO3. The maximum Gasteiger partial charge on any atom is 0.227 e. The van der Waals surface area contributed by atoms with Gasteiger partial charge in [0, 0.05) is 25.2 Å². The molecule has 1 aromatic carbocycles. The zero-order chi connectivity index (χ0) is 11.7. The van der Waals surface area contributed by atoms with E-state index in [4.69, 9.17) is 9.47 Å². The van der Waals surface area contributed by atoms with Gasteiger partial charge in [0.2, 0.25) is 5.91 Å². The van der Waals surface area contributed by atoms with E-state index in [2.05, 4.69) is 0 Å². The Kier molecular flexibility index (Phi) is 2.73. The van der Waals surface area contributed by atoms with E-state index in [1.165, 1.54) is 0 Å². The van der Waals surface area contributed by atoms with E-state index in [9.17, 15) is 4.79 Å². The van der Waals surface area contributed by atoms with Gasteiger partial charge in [-0.05, 0) is 11.6 Å². The molecule has 0 saturated heterocycles. The molecule has 0 bridgehead atoms. The number of hydrogen-bond donors (Lipinski definition) is 0. The number of carbonyl (C=O) groups excluding carboxylic acids is 1. The highest BCUT2D eigenvalue weighted by Gasteiger charge is 2.23. The van der Waals surface area contributed by atoms with Gasteiger partial charge in [-0.3, -0.25) is 4.79 Å². The largest absolute Gasteiger partial charge is 0.497 e. The summed E-state index contributed by atoms with van der Waals surface area (Å²) in [7, 11) is 5.04. The first-order chi connectivity index (χ1) is 7.65. The molecule has 4 nitrogen and oxygen atoms in total. The average Bonchev–Trinajstić information content (AvgIpc) is 2.29. The number of methoxy groups -OCH3 is 2. The minimum atomic E-state index is 0.121. The lowest BCUT2D eigenvalue weighted by Crippen LogP contribution is -2.32. The zero-order valence-electron chi connectivity index (χ0n) is 9.74. The Morgan fingerprint density at radius 3 is 2.62 bits per heavy atom. The maximum absolute atomic E-state index is 11.6. The van der Waals surface area contributed by atoms with Crippen LogP contribution < -0.4 is 9.47 Å². The Hall–Kier alpha value is -1.71. The van der Waals surface area contributed by atoms with Crippen molar-refractivity contribution in [1.82, 2.24) is 4.90 Å². The zero-order valence-corrected chi connectivity index (χ0v) is 9.74. The van der Waals surface area contributed by atoms with Gasteiger partial charge in [-0.2, -0.15) is 0 Å². The topological polar surface area (TPSA) is 38.8 Å². The lowest BCUT2D eigenvalue weighted by Gasteiger charge is -2.26. The fourth-order valence-electron chi connectivity index (χ4n) is 1.95. The summed E-state index contributed by atoms with van der Waals surface area (Å²) in [6, 6.07) is 3.78. The Bertz CT molecular complexity index is 429. The molecule has 0 spiro atoms. The van der Waals surface area contributed by atoms with Gasteiger partial charge in [-0.25, -0.2) is 0 Å². The summed E-state index contributed by atoms with van der Waals surface area (Å²) in [6.45, 7) is 0.613. The molecule has 86 valence electrons. The van der Waals surface area contributed by atoms with E-state index < -0.39 is 0 Å². The Labute approximate surface area is 94.8 Å². The molecule has 0 radical (unpaired) electrons. The van der Waals surface area contributed by atoms with Crippen molar-refractivity contribution in [3.8, 4) is 11.5 Å². The fraction of sp³-hybridized carbons (Fsp3) is 0.417. The molecule has 1 aliphatic heterocycles. The number of nitrogens with zero attached hydrogens (tertiary/aromatic N) is 1. The van der Waals surface area contributed by atoms with Crippen LogP contribution in [0.2, 0.25) is 0 Å². The van der Waals surface area contributed by atoms with E-state index >= 15 is 0 Å². The highest BCUT2D eigenvalue weighted by Crippen LogP contribution is 2.32. The summed E-state index contributed by atoms with van der Waals surface area (Å²) >= 11 is 0. The molecule has 0 unspecified atom stereocenters. The fourth-order valence-corrected chi connectivity index (χ4v) is 1.95. The number of hydrogen-bond acceptors (Lipinski definition) is 3. The summed E-state index contributed by atoms with van der Waals surface area (Å²) in [5.74, 6) is 1.62. The van der Waals surface area contributed by atoms with Gasteiger partial charge < -0.3 is 14.4 Å². The van der Waals surface area contributed by atoms with E-state index in [0.717, 1.165) is 22.6 Å². The Balaban J connectivity index is 2.50. The number of rotatable bonds is 2. The van der Waals surface area contributed by atoms with Crippen LogP contribution in [0.1, 0.15) is 11.1 Å². The molecular weight excluding hydrogens is 206 g/mol. The van der Waals surface area contributed by atoms with Crippen molar-refractivity contribution in [2.24, 2.45) is 0 Å². The predicted octanol–water partition coefficient (Wildman–Crippen LogP) is 1.22. The van der Waals surface area contributed by atoms with E-state index in [1.54, 1.807) is 26.2 Å². The molecule has 1 amide bonds. The first-order valence-corrected chi connectivity index (χ1v) is 5.13. The highest BCUT2D eigenvalue weighted by atomic mass is 16.5. The van der Waals surface area contributed by atoms with Gasteiger partial charge in [-0.15, -0.1) is 0 Å². The van der Waals surface area contributed by atoms with Crippen LogP contribution in [0.5, 0.6) is 11.5 Å². The van der Waals surface area contributed by atoms with Crippen molar-refractivity contribution < 1.29 is 14.3 Å². The molecule has 1 heterocycles. The molecule has 0 saturated carbocycles.